The van der Waals surface area contributed by atoms with Gasteiger partial charge in [-0.3, -0.25) is 0 Å². The molecule has 4 heteroatoms. The van der Waals surface area contributed by atoms with E-state index >= 15 is 0 Å². The van der Waals surface area contributed by atoms with Crippen LogP contribution in [0.5, 0.6) is 0 Å². The van der Waals surface area contributed by atoms with Crippen LogP contribution in [0, 0.1) is 6.92 Å². The average molecular weight is 750 g/mol. The van der Waals surface area contributed by atoms with Crippen LogP contribution in [0.1, 0.15) is 205 Å². The van der Waals surface area contributed by atoms with Crippen LogP contribution in [0.25, 0.3) is 0 Å². The Balaban J connectivity index is 2.21. The van der Waals surface area contributed by atoms with E-state index in [1.165, 1.54) is 173 Å². The Hall–Kier alpha value is -0.870. The number of halogens is 1. The van der Waals surface area contributed by atoms with Crippen molar-refractivity contribution < 1.29 is 8.42 Å². The highest BCUT2D eigenvalue weighted by Crippen LogP contribution is 2.24. The van der Waals surface area contributed by atoms with Crippen molar-refractivity contribution in [1.82, 2.24) is 0 Å². The van der Waals surface area contributed by atoms with Crippen molar-refractivity contribution in [2.45, 2.75) is 216 Å². The third-order valence-electron chi connectivity index (χ3n) is 10.0. The highest BCUT2D eigenvalue weighted by atomic mass is 79.9. The molecule has 0 N–H and O–H groups in total. The van der Waals surface area contributed by atoms with Gasteiger partial charge in [0.1, 0.15) is 0 Å². The number of aryl methyl sites for hydroxylation is 1. The van der Waals surface area contributed by atoms with E-state index < -0.39 is 15.1 Å². The lowest BCUT2D eigenvalue weighted by Crippen LogP contribution is -2.19. The monoisotopic (exact) mass is 748 g/mol. The van der Waals surface area contributed by atoms with E-state index in [1.807, 2.05) is 31.2 Å². The molecule has 0 aliphatic carbocycles. The molecule has 0 heterocycles. The summed E-state index contributed by atoms with van der Waals surface area (Å²) >= 11 is 3.52. The van der Waals surface area contributed by atoms with Crippen molar-refractivity contribution in [1.29, 1.82) is 0 Å². The normalized spacial score (nSPS) is 12.6. The van der Waals surface area contributed by atoms with Crippen LogP contribution in [0.15, 0.2) is 54.0 Å². The molecular weight excluding hydrogens is 672 g/mol. The zero-order valence-electron chi connectivity index (χ0n) is 31.6. The highest BCUT2D eigenvalue weighted by Gasteiger charge is 2.24. The van der Waals surface area contributed by atoms with Gasteiger partial charge in [-0.25, -0.2) is 8.42 Å². The summed E-state index contributed by atoms with van der Waals surface area (Å²) in [6.07, 6.45) is 46.4. The fraction of sp³-hybridized carbons (Fsp3) is 0.773. The Morgan fingerprint density at radius 3 is 1.29 bits per heavy atom. The third-order valence-corrected chi connectivity index (χ3v) is 12.7. The molecule has 0 aromatic heterocycles. The van der Waals surface area contributed by atoms with Gasteiger partial charge < -0.3 is 0 Å². The lowest BCUT2D eigenvalue weighted by Gasteiger charge is -2.15. The number of alkyl halides is 1. The molecule has 1 unspecified atom stereocenters. The van der Waals surface area contributed by atoms with Gasteiger partial charge in [-0.05, 0) is 57.6 Å². The van der Waals surface area contributed by atoms with Gasteiger partial charge in [0.05, 0.1) is 10.1 Å². The third kappa shape index (κ3) is 26.0. The summed E-state index contributed by atoms with van der Waals surface area (Å²) in [6.45, 7) is 5.81. The van der Waals surface area contributed by atoms with Crippen molar-refractivity contribution in [3.8, 4) is 0 Å². The van der Waals surface area contributed by atoms with Gasteiger partial charge in [0.25, 0.3) is 0 Å². The SMILES string of the molecule is C=CCCCCCCCCCCCCCCCC(C=CCCCCCCCCCCCCCCCCCBr)S(=O)(=O)c1ccc(C)cc1. The summed E-state index contributed by atoms with van der Waals surface area (Å²) in [4.78, 5) is 0.473. The van der Waals surface area contributed by atoms with E-state index in [9.17, 15) is 8.42 Å². The Morgan fingerprint density at radius 1 is 0.542 bits per heavy atom. The minimum Gasteiger partial charge on any atom is -0.223 e. The maximum Gasteiger partial charge on any atom is 0.184 e. The van der Waals surface area contributed by atoms with Crippen LogP contribution in [0.3, 0.4) is 0 Å². The maximum atomic E-state index is 13.6. The summed E-state index contributed by atoms with van der Waals surface area (Å²) in [5, 5.41) is 0.751. The quantitative estimate of drug-likeness (QED) is 0.0389. The van der Waals surface area contributed by atoms with Gasteiger partial charge in [-0.1, -0.05) is 212 Å². The first-order valence-corrected chi connectivity index (χ1v) is 23.3. The number of sulfone groups is 1. The minimum atomic E-state index is -3.35. The summed E-state index contributed by atoms with van der Waals surface area (Å²) < 4.78 is 27.2. The second-order valence-electron chi connectivity index (χ2n) is 14.6. The molecule has 0 aliphatic heterocycles. The number of rotatable bonds is 36. The zero-order chi connectivity index (χ0) is 34.8. The van der Waals surface area contributed by atoms with Crippen LogP contribution in [0.2, 0.25) is 0 Å². The van der Waals surface area contributed by atoms with Gasteiger partial charge in [0, 0.05) is 5.33 Å². The number of benzene rings is 1. The average Bonchev–Trinajstić information content (AvgIpc) is 3.08. The molecule has 1 aromatic rings. The molecule has 0 aliphatic rings. The molecule has 0 saturated carbocycles. The number of hydrogen-bond donors (Lipinski definition) is 0. The summed E-state index contributed by atoms with van der Waals surface area (Å²) in [5.74, 6) is 0. The topological polar surface area (TPSA) is 34.1 Å². The molecule has 278 valence electrons. The second kappa shape index (κ2) is 33.3. The summed E-state index contributed by atoms with van der Waals surface area (Å²) in [7, 11) is -3.35. The van der Waals surface area contributed by atoms with Crippen LogP contribution in [-0.2, 0) is 9.84 Å². The standard InChI is InChI=1S/C44H77BrO2S/c1-3-4-5-6-7-8-9-10-14-17-20-23-26-29-32-35-43(48(46,47)44-39-37-42(2)38-40-44)36-33-30-27-24-21-18-15-12-11-13-16-19-22-25-28-31-34-41-45/h3,33,36-40,43H,1,4-32,34-35,41H2,2H3. The molecule has 0 bridgehead atoms. The lowest BCUT2D eigenvalue weighted by molar-refractivity contribution is 0.531. The van der Waals surface area contributed by atoms with Gasteiger partial charge in [-0.15, -0.1) is 6.58 Å². The molecule has 0 radical (unpaired) electrons. The van der Waals surface area contributed by atoms with Gasteiger partial charge in [0.2, 0.25) is 0 Å². The Bertz CT molecular complexity index is 968. The Labute approximate surface area is 308 Å². The molecule has 1 aromatic carbocycles. The van der Waals surface area contributed by atoms with Gasteiger partial charge in [-0.2, -0.15) is 0 Å². The summed E-state index contributed by atoms with van der Waals surface area (Å²) in [6, 6.07) is 7.44. The predicted molar refractivity (Wildman–Crippen MR) is 218 cm³/mol. The number of unbranched alkanes of at least 4 members (excludes halogenated alkanes) is 28. The van der Waals surface area contributed by atoms with Crippen LogP contribution in [-0.4, -0.2) is 19.0 Å². The minimum absolute atomic E-state index is 0.406. The second-order valence-corrected chi connectivity index (χ2v) is 17.5. The molecule has 1 rings (SSSR count). The Kier molecular flexibility index (Phi) is 31.3. The lowest BCUT2D eigenvalue weighted by atomic mass is 10.0. The molecule has 0 saturated heterocycles. The first-order chi connectivity index (χ1) is 23.5. The van der Waals surface area contributed by atoms with Crippen LogP contribution in [0.4, 0.5) is 0 Å². The number of allylic oxidation sites excluding steroid dienone is 2. The van der Waals surface area contributed by atoms with Crippen molar-refractivity contribution in [3.05, 3.63) is 54.6 Å². The zero-order valence-corrected chi connectivity index (χ0v) is 34.0. The fourth-order valence-electron chi connectivity index (χ4n) is 6.74. The van der Waals surface area contributed by atoms with Crippen LogP contribution >= 0.6 is 15.9 Å². The van der Waals surface area contributed by atoms with E-state index in [0.717, 1.165) is 36.6 Å². The van der Waals surface area contributed by atoms with Crippen molar-refractivity contribution >= 4 is 25.8 Å². The molecule has 0 spiro atoms. The molecule has 0 amide bonds. The summed E-state index contributed by atoms with van der Waals surface area (Å²) in [5.41, 5.74) is 1.10. The van der Waals surface area contributed by atoms with Gasteiger partial charge in [0.15, 0.2) is 9.84 Å². The molecule has 2 nitrogen and oxygen atoms in total. The highest BCUT2D eigenvalue weighted by molar-refractivity contribution is 9.09. The van der Waals surface area contributed by atoms with E-state index in [1.54, 1.807) is 12.1 Å². The Morgan fingerprint density at radius 2 is 0.896 bits per heavy atom. The molecule has 48 heavy (non-hydrogen) atoms. The van der Waals surface area contributed by atoms with Crippen molar-refractivity contribution in [3.63, 3.8) is 0 Å². The fourth-order valence-corrected chi connectivity index (χ4v) is 8.80. The van der Waals surface area contributed by atoms with Crippen molar-refractivity contribution in [2.75, 3.05) is 5.33 Å². The molecule has 1 atom stereocenters. The van der Waals surface area contributed by atoms with Crippen molar-refractivity contribution in [2.24, 2.45) is 0 Å². The van der Waals surface area contributed by atoms with Gasteiger partial charge >= 0.3 is 0 Å². The first-order valence-electron chi connectivity index (χ1n) is 20.7. The first kappa shape index (κ1) is 45.2. The van der Waals surface area contributed by atoms with E-state index in [4.69, 9.17) is 0 Å². The van der Waals surface area contributed by atoms with E-state index in [0.29, 0.717) is 4.90 Å². The molecular formula is C44H77BrO2S. The smallest absolute Gasteiger partial charge is 0.184 e. The largest absolute Gasteiger partial charge is 0.223 e. The number of hydrogen-bond acceptors (Lipinski definition) is 2. The predicted octanol–water partition coefficient (Wildman–Crippen LogP) is 15.4. The van der Waals surface area contributed by atoms with E-state index in [2.05, 4.69) is 28.6 Å². The maximum absolute atomic E-state index is 13.6. The molecule has 0 fully saturated rings. The van der Waals surface area contributed by atoms with E-state index in [-0.39, 0.29) is 0 Å². The van der Waals surface area contributed by atoms with Crippen LogP contribution < -0.4 is 0 Å².